The van der Waals surface area contributed by atoms with Crippen molar-refractivity contribution < 1.29 is 22.7 Å². The number of aromatic nitrogens is 3. The molecule has 7 nitrogen and oxygen atoms in total. The summed E-state index contributed by atoms with van der Waals surface area (Å²) in [6.45, 7) is 10.1. The van der Waals surface area contributed by atoms with E-state index < -0.39 is 33.3 Å². The molecule has 2 unspecified atom stereocenters. The van der Waals surface area contributed by atoms with E-state index >= 15 is 4.39 Å². The predicted octanol–water partition coefficient (Wildman–Crippen LogP) is 4.57. The largest absolute Gasteiger partial charge is 0.598 e. The van der Waals surface area contributed by atoms with Crippen LogP contribution < -0.4 is 4.72 Å². The van der Waals surface area contributed by atoms with Gasteiger partial charge in [0.2, 0.25) is 0 Å². The van der Waals surface area contributed by atoms with Crippen LogP contribution in [0.5, 0.6) is 0 Å². The Kier molecular flexibility index (Phi) is 7.01. The van der Waals surface area contributed by atoms with E-state index in [4.69, 9.17) is 4.52 Å². The van der Waals surface area contributed by atoms with Crippen molar-refractivity contribution in [1.29, 1.82) is 0 Å². The fraction of sp³-hybridized carbons (Fsp3) is 0.391. The number of nitrogens with zero attached hydrogens (tertiary/aromatic N) is 3. The summed E-state index contributed by atoms with van der Waals surface area (Å²) in [7, 11) is 0. The fourth-order valence-corrected chi connectivity index (χ4v) is 4.36. The summed E-state index contributed by atoms with van der Waals surface area (Å²) in [5.41, 5.74) is -0.380. The number of carbonyl (C=O) groups is 1. The van der Waals surface area contributed by atoms with E-state index in [2.05, 4.69) is 19.8 Å². The molecule has 1 N–H and O–H groups in total. The Morgan fingerprint density at radius 2 is 1.76 bits per heavy atom. The molecule has 2 aromatic heterocycles. The number of halogens is 2. The normalized spacial score (nSPS) is 14.7. The fourth-order valence-electron chi connectivity index (χ4n) is 3.47. The Morgan fingerprint density at radius 3 is 2.30 bits per heavy atom. The minimum atomic E-state index is -1.67. The molecule has 0 saturated heterocycles. The second kappa shape index (κ2) is 9.28. The number of rotatable bonds is 7. The van der Waals surface area contributed by atoms with Crippen LogP contribution in [0, 0.1) is 25.5 Å². The molecule has 0 saturated carbocycles. The van der Waals surface area contributed by atoms with E-state index in [1.807, 2.05) is 0 Å². The summed E-state index contributed by atoms with van der Waals surface area (Å²) in [6, 6.07) is 2.05. The third-order valence-electron chi connectivity index (χ3n) is 5.22. The molecule has 3 aromatic rings. The smallest absolute Gasteiger partial charge is 0.170 e. The van der Waals surface area contributed by atoms with Gasteiger partial charge in [-0.05, 0) is 47.6 Å². The maximum absolute atomic E-state index is 15.2. The number of ketones is 1. The van der Waals surface area contributed by atoms with Crippen LogP contribution in [0.25, 0.3) is 11.1 Å². The summed E-state index contributed by atoms with van der Waals surface area (Å²) in [4.78, 5) is 21.0. The first kappa shape index (κ1) is 24.9. The highest BCUT2D eigenvalue weighted by atomic mass is 32.2. The van der Waals surface area contributed by atoms with Gasteiger partial charge in [-0.1, -0.05) is 5.16 Å². The first-order valence-corrected chi connectivity index (χ1v) is 11.4. The Hall–Kier alpha value is -2.69. The van der Waals surface area contributed by atoms with Gasteiger partial charge in [0.25, 0.3) is 0 Å². The lowest BCUT2D eigenvalue weighted by Gasteiger charge is -2.35. The van der Waals surface area contributed by atoms with Crippen LogP contribution in [-0.2, 0) is 16.9 Å². The van der Waals surface area contributed by atoms with Gasteiger partial charge in [-0.3, -0.25) is 4.79 Å². The molecule has 2 heterocycles. The second-order valence-electron chi connectivity index (χ2n) is 9.05. The average molecular weight is 477 g/mol. The van der Waals surface area contributed by atoms with Gasteiger partial charge in [0.05, 0.1) is 16.8 Å². The molecule has 10 heteroatoms. The molecule has 0 aliphatic heterocycles. The molecule has 2 atom stereocenters. The number of nitrogens with one attached hydrogen (secondary N) is 1. The highest BCUT2D eigenvalue weighted by molar-refractivity contribution is 7.90. The van der Waals surface area contributed by atoms with Crippen LogP contribution in [0.15, 0.2) is 35.4 Å². The zero-order valence-electron chi connectivity index (χ0n) is 19.3. The number of hydrogen-bond acceptors (Lipinski definition) is 7. The number of benzene rings is 1. The Morgan fingerprint density at radius 1 is 1.12 bits per heavy atom. The van der Waals surface area contributed by atoms with Crippen molar-refractivity contribution >= 4 is 17.1 Å². The lowest BCUT2D eigenvalue weighted by atomic mass is 9.84. The van der Waals surface area contributed by atoms with Gasteiger partial charge in [-0.25, -0.2) is 18.7 Å². The molecular formula is C23H26F2N4O3S. The maximum Gasteiger partial charge on any atom is 0.170 e. The molecule has 0 bridgehead atoms. The SMILES string of the molecule is Cc1noc(C)c1C(=O)CC(C)(N[S+]([O-])C(C)(C)C)c1cc(-c2cncnc2)c(F)cc1F. The molecule has 0 fully saturated rings. The monoisotopic (exact) mass is 476 g/mol. The van der Waals surface area contributed by atoms with Crippen LogP contribution in [0.1, 0.15) is 61.5 Å². The number of carbonyl (C=O) groups excluding carboxylic acids is 1. The van der Waals surface area contributed by atoms with Gasteiger partial charge >= 0.3 is 0 Å². The molecule has 0 aliphatic rings. The van der Waals surface area contributed by atoms with Crippen molar-refractivity contribution in [1.82, 2.24) is 19.8 Å². The van der Waals surface area contributed by atoms with E-state index in [1.54, 1.807) is 41.5 Å². The Balaban J connectivity index is 2.14. The quantitative estimate of drug-likeness (QED) is 0.394. The Bertz CT molecular complexity index is 1150. The molecule has 1 aromatic carbocycles. The standard InChI is InChI=1S/C23H26F2N4O3S/c1-13-21(14(2)32-28-13)20(30)9-23(6,29-33(31)22(3,4)5)17-7-16(18(24)8-19(17)25)15-10-26-12-27-11-15/h7-8,10-12,29H,9H2,1-6H3. The molecule has 0 amide bonds. The zero-order chi connectivity index (χ0) is 24.6. The third kappa shape index (κ3) is 5.29. The lowest BCUT2D eigenvalue weighted by Crippen LogP contribution is -2.51. The van der Waals surface area contributed by atoms with Crippen molar-refractivity contribution in [2.24, 2.45) is 0 Å². The van der Waals surface area contributed by atoms with Crippen LogP contribution in [0.3, 0.4) is 0 Å². The van der Waals surface area contributed by atoms with E-state index in [-0.39, 0.29) is 28.9 Å². The van der Waals surface area contributed by atoms with E-state index in [9.17, 15) is 13.7 Å². The van der Waals surface area contributed by atoms with E-state index in [0.29, 0.717) is 17.0 Å². The van der Waals surface area contributed by atoms with Crippen molar-refractivity contribution in [3.8, 4) is 11.1 Å². The van der Waals surface area contributed by atoms with Crippen LogP contribution in [0.2, 0.25) is 0 Å². The first-order valence-electron chi connectivity index (χ1n) is 10.2. The summed E-state index contributed by atoms with van der Waals surface area (Å²) in [6.07, 6.45) is 3.83. The molecule has 3 rings (SSSR count). The minimum Gasteiger partial charge on any atom is -0.598 e. The summed E-state index contributed by atoms with van der Waals surface area (Å²) in [5.74, 6) is -1.72. The first-order chi connectivity index (χ1) is 15.3. The summed E-state index contributed by atoms with van der Waals surface area (Å²) < 4.78 is 50.2. The number of hydrogen-bond donors (Lipinski definition) is 1. The predicted molar refractivity (Wildman–Crippen MR) is 121 cm³/mol. The van der Waals surface area contributed by atoms with Crippen LogP contribution in [0.4, 0.5) is 8.78 Å². The number of Topliss-reactive ketones (excluding diaryl/α,β-unsaturated/α-hetero) is 1. The van der Waals surface area contributed by atoms with Crippen molar-refractivity contribution in [2.75, 3.05) is 0 Å². The van der Waals surface area contributed by atoms with Crippen LogP contribution >= 0.6 is 0 Å². The molecular weight excluding hydrogens is 450 g/mol. The molecule has 176 valence electrons. The van der Waals surface area contributed by atoms with Gasteiger partial charge in [0.15, 0.2) is 5.78 Å². The van der Waals surface area contributed by atoms with Gasteiger partial charge in [0.1, 0.15) is 28.5 Å². The van der Waals surface area contributed by atoms with Gasteiger partial charge in [0, 0.05) is 52.9 Å². The summed E-state index contributed by atoms with van der Waals surface area (Å²) >= 11 is -1.67. The van der Waals surface area contributed by atoms with Gasteiger partial charge in [-0.2, -0.15) is 0 Å². The molecule has 0 radical (unpaired) electrons. The average Bonchev–Trinajstić information content (AvgIpc) is 3.06. The molecule has 0 aliphatic carbocycles. The summed E-state index contributed by atoms with van der Waals surface area (Å²) in [5, 5.41) is 3.81. The lowest BCUT2D eigenvalue weighted by molar-refractivity contribution is 0.0947. The van der Waals surface area contributed by atoms with E-state index in [0.717, 1.165) is 6.07 Å². The highest BCUT2D eigenvalue weighted by Gasteiger charge is 2.41. The van der Waals surface area contributed by atoms with Crippen molar-refractivity contribution in [2.45, 2.75) is 58.2 Å². The van der Waals surface area contributed by atoms with E-state index in [1.165, 1.54) is 24.8 Å². The topological polar surface area (TPSA) is 104 Å². The van der Waals surface area contributed by atoms with Crippen LogP contribution in [-0.4, -0.2) is 30.2 Å². The molecule has 0 spiro atoms. The maximum atomic E-state index is 15.2. The third-order valence-corrected chi connectivity index (χ3v) is 6.97. The van der Waals surface area contributed by atoms with Crippen molar-refractivity contribution in [3.63, 3.8) is 0 Å². The van der Waals surface area contributed by atoms with Gasteiger partial charge < -0.3 is 9.08 Å². The molecule has 33 heavy (non-hydrogen) atoms. The van der Waals surface area contributed by atoms with Gasteiger partial charge in [-0.15, -0.1) is 4.72 Å². The highest BCUT2D eigenvalue weighted by Crippen LogP contribution is 2.36. The second-order valence-corrected chi connectivity index (χ2v) is 11.0. The Labute approximate surface area is 194 Å². The minimum absolute atomic E-state index is 0.0135. The van der Waals surface area contributed by atoms with Crippen molar-refractivity contribution in [3.05, 3.63) is 65.1 Å². The number of aryl methyl sites for hydroxylation is 2. The zero-order valence-corrected chi connectivity index (χ0v) is 20.1.